The molecule has 0 bridgehead atoms. The third-order valence-corrected chi connectivity index (χ3v) is 4.39. The van der Waals surface area contributed by atoms with Crippen molar-refractivity contribution in [3.8, 4) is 28.3 Å². The van der Waals surface area contributed by atoms with Crippen molar-refractivity contribution in [2.75, 3.05) is 26.1 Å². The van der Waals surface area contributed by atoms with Gasteiger partial charge in [-0.05, 0) is 24.3 Å². The lowest BCUT2D eigenvalue weighted by molar-refractivity contribution is 0.416. The molecule has 1 N–H and O–H groups in total. The van der Waals surface area contributed by atoms with Crippen molar-refractivity contribution in [3.05, 3.63) is 60.8 Å². The predicted octanol–water partition coefficient (Wildman–Crippen LogP) is 4.37. The molecule has 130 valence electrons. The predicted molar refractivity (Wildman–Crippen MR) is 106 cm³/mol. The molecule has 4 aromatic rings. The highest BCUT2D eigenvalue weighted by Gasteiger charge is 2.11. The van der Waals surface area contributed by atoms with E-state index >= 15 is 0 Å². The largest absolute Gasteiger partial charge is 0.496 e. The normalized spacial score (nSPS) is 10.9. The van der Waals surface area contributed by atoms with Gasteiger partial charge >= 0.3 is 0 Å². The van der Waals surface area contributed by atoms with Gasteiger partial charge in [0.15, 0.2) is 5.65 Å². The molecule has 5 heteroatoms. The number of pyridine rings is 1. The summed E-state index contributed by atoms with van der Waals surface area (Å²) in [5.74, 6) is 1.64. The summed E-state index contributed by atoms with van der Waals surface area (Å²) < 4.78 is 5.46. The Labute approximate surface area is 152 Å². The number of aromatic amines is 1. The van der Waals surface area contributed by atoms with Crippen LogP contribution in [0.25, 0.3) is 33.7 Å². The minimum atomic E-state index is 0.703. The molecule has 0 atom stereocenters. The number of ether oxygens (including phenoxy) is 1. The Morgan fingerprint density at radius 2 is 1.81 bits per heavy atom. The third-order valence-electron chi connectivity index (χ3n) is 4.39. The lowest BCUT2D eigenvalue weighted by atomic mass is 10.1. The zero-order valence-corrected chi connectivity index (χ0v) is 15.0. The van der Waals surface area contributed by atoms with E-state index in [0.717, 1.165) is 39.5 Å². The standard InChI is InChI=1S/C21H20N4O/c1-25(2)16-8-6-7-14(11-16)20-23-18-12-15(13-22-21(18)24-20)17-9-4-5-10-19(17)26-3/h4-13H,1-3H3,(H,22,23,24). The lowest BCUT2D eigenvalue weighted by Crippen LogP contribution is -2.08. The van der Waals surface area contributed by atoms with Crippen LogP contribution in [0.3, 0.4) is 0 Å². The van der Waals surface area contributed by atoms with Crippen LogP contribution < -0.4 is 9.64 Å². The van der Waals surface area contributed by atoms with Crippen LogP contribution in [0.4, 0.5) is 5.69 Å². The molecule has 4 rings (SSSR count). The number of anilines is 1. The van der Waals surface area contributed by atoms with E-state index in [-0.39, 0.29) is 0 Å². The fourth-order valence-electron chi connectivity index (χ4n) is 3.00. The molecule has 0 aliphatic carbocycles. The van der Waals surface area contributed by atoms with E-state index < -0.39 is 0 Å². The van der Waals surface area contributed by atoms with Gasteiger partial charge < -0.3 is 14.6 Å². The van der Waals surface area contributed by atoms with Crippen LogP contribution in [0.1, 0.15) is 0 Å². The van der Waals surface area contributed by atoms with Crippen molar-refractivity contribution in [3.63, 3.8) is 0 Å². The minimum absolute atomic E-state index is 0.703. The molecule has 2 aromatic heterocycles. The van der Waals surface area contributed by atoms with Gasteiger partial charge in [0.25, 0.3) is 0 Å². The quantitative estimate of drug-likeness (QED) is 0.597. The molecule has 0 radical (unpaired) electrons. The summed E-state index contributed by atoms with van der Waals surface area (Å²) in [6.45, 7) is 0. The third kappa shape index (κ3) is 2.88. The number of fused-ring (bicyclic) bond motifs is 1. The Morgan fingerprint density at radius 1 is 0.962 bits per heavy atom. The van der Waals surface area contributed by atoms with Gasteiger partial charge in [-0.1, -0.05) is 30.3 Å². The topological polar surface area (TPSA) is 54.0 Å². The highest BCUT2D eigenvalue weighted by molar-refractivity contribution is 5.82. The number of nitrogens with one attached hydrogen (secondary N) is 1. The lowest BCUT2D eigenvalue weighted by Gasteiger charge is -2.12. The maximum absolute atomic E-state index is 5.46. The molecule has 0 unspecified atom stereocenters. The second-order valence-corrected chi connectivity index (χ2v) is 6.33. The SMILES string of the molecule is COc1ccccc1-c1cnc2nc(-c3cccc(N(C)C)c3)[nH]c2c1. The second kappa shape index (κ2) is 6.52. The minimum Gasteiger partial charge on any atom is -0.496 e. The average molecular weight is 344 g/mol. The van der Waals surface area contributed by atoms with E-state index in [4.69, 9.17) is 4.74 Å². The number of para-hydroxylation sites is 1. The zero-order chi connectivity index (χ0) is 18.1. The summed E-state index contributed by atoms with van der Waals surface area (Å²) in [5.41, 5.74) is 5.77. The first-order valence-corrected chi connectivity index (χ1v) is 8.42. The monoisotopic (exact) mass is 344 g/mol. The number of rotatable bonds is 4. The summed E-state index contributed by atoms with van der Waals surface area (Å²) in [6.07, 6.45) is 1.83. The van der Waals surface area contributed by atoms with Crippen molar-refractivity contribution in [1.82, 2.24) is 15.0 Å². The molecular weight excluding hydrogens is 324 g/mol. The molecule has 26 heavy (non-hydrogen) atoms. The van der Waals surface area contributed by atoms with E-state index in [0.29, 0.717) is 5.65 Å². The summed E-state index contributed by atoms with van der Waals surface area (Å²) in [6, 6.07) is 18.3. The highest BCUT2D eigenvalue weighted by atomic mass is 16.5. The first-order chi connectivity index (χ1) is 12.7. The van der Waals surface area contributed by atoms with Crippen LogP contribution in [0, 0.1) is 0 Å². The van der Waals surface area contributed by atoms with Crippen LogP contribution >= 0.6 is 0 Å². The number of hydrogen-bond acceptors (Lipinski definition) is 4. The molecule has 0 saturated carbocycles. The van der Waals surface area contributed by atoms with E-state index in [2.05, 4.69) is 38.1 Å². The molecule has 0 saturated heterocycles. The van der Waals surface area contributed by atoms with Gasteiger partial charge in [-0.15, -0.1) is 0 Å². The van der Waals surface area contributed by atoms with Crippen molar-refractivity contribution in [1.29, 1.82) is 0 Å². The van der Waals surface area contributed by atoms with Gasteiger partial charge in [-0.2, -0.15) is 0 Å². The Morgan fingerprint density at radius 3 is 2.62 bits per heavy atom. The van der Waals surface area contributed by atoms with Gasteiger partial charge in [0.1, 0.15) is 11.6 Å². The summed E-state index contributed by atoms with van der Waals surface area (Å²) in [7, 11) is 5.73. The van der Waals surface area contributed by atoms with Crippen LogP contribution in [-0.4, -0.2) is 36.2 Å². The number of benzene rings is 2. The Kier molecular flexibility index (Phi) is 4.05. The van der Waals surface area contributed by atoms with E-state index in [9.17, 15) is 0 Å². The van der Waals surface area contributed by atoms with Crippen molar-refractivity contribution >= 4 is 16.9 Å². The molecule has 2 heterocycles. The maximum atomic E-state index is 5.46. The fraction of sp³-hybridized carbons (Fsp3) is 0.143. The highest BCUT2D eigenvalue weighted by Crippen LogP contribution is 2.31. The molecule has 5 nitrogen and oxygen atoms in total. The first-order valence-electron chi connectivity index (χ1n) is 8.42. The van der Waals surface area contributed by atoms with Crippen molar-refractivity contribution < 1.29 is 4.74 Å². The zero-order valence-electron chi connectivity index (χ0n) is 15.0. The number of methoxy groups -OCH3 is 1. The molecule has 2 aromatic carbocycles. The summed E-state index contributed by atoms with van der Waals surface area (Å²) >= 11 is 0. The van der Waals surface area contributed by atoms with Gasteiger partial charge in [0, 0.05) is 42.7 Å². The number of hydrogen-bond donors (Lipinski definition) is 1. The summed E-state index contributed by atoms with van der Waals surface area (Å²) in [4.78, 5) is 14.6. The van der Waals surface area contributed by atoms with Crippen LogP contribution in [0.2, 0.25) is 0 Å². The van der Waals surface area contributed by atoms with Crippen LogP contribution in [0.5, 0.6) is 5.75 Å². The van der Waals surface area contributed by atoms with Gasteiger partial charge in [-0.25, -0.2) is 9.97 Å². The van der Waals surface area contributed by atoms with Gasteiger partial charge in [0.2, 0.25) is 0 Å². The van der Waals surface area contributed by atoms with Gasteiger partial charge in [-0.3, -0.25) is 0 Å². The molecule has 0 amide bonds. The second-order valence-electron chi connectivity index (χ2n) is 6.33. The van der Waals surface area contributed by atoms with Gasteiger partial charge in [0.05, 0.1) is 12.6 Å². The van der Waals surface area contributed by atoms with E-state index in [1.807, 2.05) is 56.7 Å². The van der Waals surface area contributed by atoms with Crippen LogP contribution in [0.15, 0.2) is 60.8 Å². The number of imidazole rings is 1. The molecule has 0 fully saturated rings. The first kappa shape index (κ1) is 16.1. The molecule has 0 spiro atoms. The van der Waals surface area contributed by atoms with E-state index in [1.165, 1.54) is 0 Å². The number of nitrogens with zero attached hydrogens (tertiary/aromatic N) is 3. The maximum Gasteiger partial charge on any atom is 0.178 e. The molecule has 0 aliphatic heterocycles. The number of aromatic nitrogens is 3. The van der Waals surface area contributed by atoms with Crippen LogP contribution in [-0.2, 0) is 0 Å². The Bertz CT molecular complexity index is 1070. The van der Waals surface area contributed by atoms with E-state index in [1.54, 1.807) is 7.11 Å². The Balaban J connectivity index is 1.78. The summed E-state index contributed by atoms with van der Waals surface area (Å²) in [5, 5.41) is 0. The Hall–Kier alpha value is -3.34. The molecular formula is C21H20N4O. The molecule has 0 aliphatic rings. The fourth-order valence-corrected chi connectivity index (χ4v) is 3.00. The average Bonchev–Trinajstić information content (AvgIpc) is 3.11. The van der Waals surface area contributed by atoms with Crippen molar-refractivity contribution in [2.24, 2.45) is 0 Å². The van der Waals surface area contributed by atoms with Crippen molar-refractivity contribution in [2.45, 2.75) is 0 Å². The smallest absolute Gasteiger partial charge is 0.178 e. The number of H-pyrrole nitrogens is 1.